The van der Waals surface area contributed by atoms with Gasteiger partial charge in [-0.05, 0) is 64.3 Å². The SMILES string of the molecule is CCOc1cc(/C=C(\C#N)c2nc3ccccc3[nH]2)cc(Br)c1OCc1ccccc1. The highest BCUT2D eigenvalue weighted by molar-refractivity contribution is 9.10. The highest BCUT2D eigenvalue weighted by atomic mass is 79.9. The van der Waals surface area contributed by atoms with Crippen LogP contribution < -0.4 is 9.47 Å². The zero-order chi connectivity index (χ0) is 21.6. The molecule has 154 valence electrons. The van der Waals surface area contributed by atoms with Crippen LogP contribution in [-0.4, -0.2) is 16.6 Å². The predicted octanol–water partition coefficient (Wildman–Crippen LogP) is 6.37. The van der Waals surface area contributed by atoms with Crippen LogP contribution in [0.1, 0.15) is 23.9 Å². The van der Waals surface area contributed by atoms with Crippen LogP contribution in [0.2, 0.25) is 0 Å². The van der Waals surface area contributed by atoms with Gasteiger partial charge in [-0.25, -0.2) is 4.98 Å². The number of para-hydroxylation sites is 2. The summed E-state index contributed by atoms with van der Waals surface area (Å²) >= 11 is 3.60. The maximum absolute atomic E-state index is 9.73. The van der Waals surface area contributed by atoms with Gasteiger partial charge in [0.2, 0.25) is 0 Å². The van der Waals surface area contributed by atoms with E-state index in [1.165, 1.54) is 0 Å². The van der Waals surface area contributed by atoms with Gasteiger partial charge in [0.25, 0.3) is 0 Å². The molecule has 0 bridgehead atoms. The number of imidazole rings is 1. The molecule has 0 aliphatic rings. The maximum atomic E-state index is 9.73. The number of nitrogens with zero attached hydrogens (tertiary/aromatic N) is 2. The van der Waals surface area contributed by atoms with Crippen molar-refractivity contribution in [2.45, 2.75) is 13.5 Å². The van der Waals surface area contributed by atoms with Gasteiger partial charge in [0.1, 0.15) is 18.5 Å². The van der Waals surface area contributed by atoms with Crippen molar-refractivity contribution in [3.63, 3.8) is 0 Å². The second-order valence-electron chi connectivity index (χ2n) is 6.81. The standard InChI is InChI=1S/C25H20BrN3O2/c1-2-30-23-14-18(13-20(26)24(23)31-16-17-8-4-3-5-9-17)12-19(15-27)25-28-21-10-6-7-11-22(21)29-25/h3-14H,2,16H2,1H3,(H,28,29)/b19-12+. The summed E-state index contributed by atoms with van der Waals surface area (Å²) in [7, 11) is 0. The number of aromatic nitrogens is 2. The fourth-order valence-electron chi connectivity index (χ4n) is 3.20. The molecule has 1 N–H and O–H groups in total. The van der Waals surface area contributed by atoms with Gasteiger partial charge in [-0.15, -0.1) is 0 Å². The first-order valence-electron chi connectivity index (χ1n) is 9.88. The van der Waals surface area contributed by atoms with Crippen molar-refractivity contribution in [1.82, 2.24) is 9.97 Å². The lowest BCUT2D eigenvalue weighted by molar-refractivity contribution is 0.267. The predicted molar refractivity (Wildman–Crippen MR) is 126 cm³/mol. The third-order valence-electron chi connectivity index (χ3n) is 4.63. The quantitative estimate of drug-likeness (QED) is 0.316. The monoisotopic (exact) mass is 473 g/mol. The summed E-state index contributed by atoms with van der Waals surface area (Å²) in [6.07, 6.45) is 1.78. The molecule has 5 nitrogen and oxygen atoms in total. The van der Waals surface area contributed by atoms with E-state index in [1.807, 2.05) is 73.7 Å². The molecule has 1 aromatic heterocycles. The second-order valence-corrected chi connectivity index (χ2v) is 7.66. The highest BCUT2D eigenvalue weighted by Crippen LogP contribution is 2.38. The number of hydrogen-bond donors (Lipinski definition) is 1. The van der Waals surface area contributed by atoms with E-state index in [2.05, 4.69) is 32.0 Å². The second kappa shape index (κ2) is 9.50. The number of fused-ring (bicyclic) bond motifs is 1. The number of aromatic amines is 1. The highest BCUT2D eigenvalue weighted by Gasteiger charge is 2.14. The summed E-state index contributed by atoms with van der Waals surface area (Å²) in [5, 5.41) is 9.73. The molecule has 0 atom stereocenters. The minimum atomic E-state index is 0.428. The summed E-state index contributed by atoms with van der Waals surface area (Å²) in [6, 6.07) is 23.7. The van der Waals surface area contributed by atoms with Crippen LogP contribution in [0.25, 0.3) is 22.7 Å². The Morgan fingerprint density at radius 3 is 2.61 bits per heavy atom. The van der Waals surface area contributed by atoms with E-state index in [1.54, 1.807) is 6.08 Å². The minimum Gasteiger partial charge on any atom is -0.490 e. The van der Waals surface area contributed by atoms with Crippen LogP contribution in [0, 0.1) is 11.3 Å². The van der Waals surface area contributed by atoms with Crippen molar-refractivity contribution in [2.75, 3.05) is 6.61 Å². The summed E-state index contributed by atoms with van der Waals surface area (Å²) < 4.78 is 12.6. The Labute approximate surface area is 189 Å². The molecule has 0 saturated heterocycles. The van der Waals surface area contributed by atoms with E-state index in [9.17, 15) is 5.26 Å². The van der Waals surface area contributed by atoms with Gasteiger partial charge in [0.05, 0.1) is 27.7 Å². The number of ether oxygens (including phenoxy) is 2. The third-order valence-corrected chi connectivity index (χ3v) is 5.22. The topological polar surface area (TPSA) is 70.9 Å². The van der Waals surface area contributed by atoms with E-state index in [-0.39, 0.29) is 0 Å². The van der Waals surface area contributed by atoms with E-state index in [0.29, 0.717) is 36.1 Å². The number of rotatable bonds is 7. The Kier molecular flexibility index (Phi) is 6.34. The summed E-state index contributed by atoms with van der Waals surface area (Å²) in [6.45, 7) is 2.85. The van der Waals surface area contributed by atoms with E-state index in [4.69, 9.17) is 9.47 Å². The molecule has 0 amide bonds. The fourth-order valence-corrected chi connectivity index (χ4v) is 3.78. The van der Waals surface area contributed by atoms with Crippen LogP contribution in [0.15, 0.2) is 71.2 Å². The maximum Gasteiger partial charge on any atom is 0.175 e. The van der Waals surface area contributed by atoms with Crippen molar-refractivity contribution in [3.05, 3.63) is 88.2 Å². The molecule has 0 fully saturated rings. The Morgan fingerprint density at radius 1 is 1.10 bits per heavy atom. The molecule has 0 saturated carbocycles. The lowest BCUT2D eigenvalue weighted by atomic mass is 10.1. The van der Waals surface area contributed by atoms with E-state index < -0.39 is 0 Å². The Morgan fingerprint density at radius 2 is 1.87 bits per heavy atom. The zero-order valence-corrected chi connectivity index (χ0v) is 18.5. The van der Waals surface area contributed by atoms with Crippen molar-refractivity contribution >= 4 is 38.6 Å². The largest absolute Gasteiger partial charge is 0.490 e. The van der Waals surface area contributed by atoms with Crippen molar-refractivity contribution in [2.24, 2.45) is 0 Å². The number of halogens is 1. The number of hydrogen-bond acceptors (Lipinski definition) is 4. The van der Waals surface area contributed by atoms with E-state index in [0.717, 1.165) is 26.6 Å². The van der Waals surface area contributed by atoms with Crippen LogP contribution in [0.5, 0.6) is 11.5 Å². The molecular weight excluding hydrogens is 454 g/mol. The van der Waals surface area contributed by atoms with Crippen LogP contribution in [0.4, 0.5) is 0 Å². The number of allylic oxidation sites excluding steroid dienone is 1. The first kappa shape index (κ1) is 20.7. The summed E-state index contributed by atoms with van der Waals surface area (Å²) in [5.74, 6) is 1.77. The normalized spacial score (nSPS) is 11.3. The zero-order valence-electron chi connectivity index (χ0n) is 16.9. The average Bonchev–Trinajstić information content (AvgIpc) is 3.22. The van der Waals surface area contributed by atoms with Gasteiger partial charge in [-0.2, -0.15) is 5.26 Å². The molecule has 0 aliphatic carbocycles. The molecule has 4 aromatic rings. The smallest absolute Gasteiger partial charge is 0.175 e. The Bertz CT molecular complexity index is 1240. The van der Waals surface area contributed by atoms with Gasteiger partial charge in [-0.3, -0.25) is 0 Å². The number of nitrogens with one attached hydrogen (secondary N) is 1. The molecular formula is C25H20BrN3O2. The van der Waals surface area contributed by atoms with Crippen molar-refractivity contribution in [3.8, 4) is 17.6 Å². The first-order valence-corrected chi connectivity index (χ1v) is 10.7. The third kappa shape index (κ3) is 4.79. The lowest BCUT2D eigenvalue weighted by Crippen LogP contribution is -2.01. The van der Waals surface area contributed by atoms with Crippen molar-refractivity contribution in [1.29, 1.82) is 5.26 Å². The average molecular weight is 474 g/mol. The van der Waals surface area contributed by atoms with Gasteiger partial charge in [0.15, 0.2) is 11.5 Å². The van der Waals surface area contributed by atoms with Crippen LogP contribution in [0.3, 0.4) is 0 Å². The van der Waals surface area contributed by atoms with Crippen LogP contribution >= 0.6 is 15.9 Å². The molecule has 1 heterocycles. The first-order chi connectivity index (χ1) is 15.2. The molecule has 31 heavy (non-hydrogen) atoms. The lowest BCUT2D eigenvalue weighted by Gasteiger charge is -2.15. The molecule has 0 unspecified atom stereocenters. The molecule has 4 rings (SSSR count). The van der Waals surface area contributed by atoms with Crippen LogP contribution in [-0.2, 0) is 6.61 Å². The summed E-state index contributed by atoms with van der Waals surface area (Å²) in [4.78, 5) is 7.73. The minimum absolute atomic E-state index is 0.428. The molecule has 0 radical (unpaired) electrons. The summed E-state index contributed by atoms with van der Waals surface area (Å²) in [5.41, 5.74) is 4.01. The van der Waals surface area contributed by atoms with Gasteiger partial charge >= 0.3 is 0 Å². The Balaban J connectivity index is 1.66. The Hall–Kier alpha value is -3.56. The molecule has 6 heteroatoms. The number of benzene rings is 3. The fraction of sp³-hybridized carbons (Fsp3) is 0.120. The van der Waals surface area contributed by atoms with Gasteiger partial charge in [0, 0.05) is 0 Å². The number of H-pyrrole nitrogens is 1. The van der Waals surface area contributed by atoms with Gasteiger partial charge < -0.3 is 14.5 Å². The van der Waals surface area contributed by atoms with Gasteiger partial charge in [-0.1, -0.05) is 42.5 Å². The van der Waals surface area contributed by atoms with Crippen molar-refractivity contribution < 1.29 is 9.47 Å². The number of nitriles is 1. The molecule has 0 spiro atoms. The molecule has 0 aliphatic heterocycles. The van der Waals surface area contributed by atoms with E-state index >= 15 is 0 Å². The molecule has 3 aromatic carbocycles.